The van der Waals surface area contributed by atoms with Crippen LogP contribution in [0, 0.1) is 23.7 Å². The van der Waals surface area contributed by atoms with Gasteiger partial charge in [-0.3, -0.25) is 0 Å². The maximum atomic E-state index is 7.83. The molecule has 10 heavy (non-hydrogen) atoms. The molecule has 3 rings (SSSR count). The van der Waals surface area contributed by atoms with Gasteiger partial charge in [0.2, 0.25) is 0 Å². The van der Waals surface area contributed by atoms with E-state index in [0.29, 0.717) is 11.8 Å². The Hall–Kier alpha value is -0.520. The molecule has 0 saturated heterocycles. The van der Waals surface area contributed by atoms with Crippen molar-refractivity contribution in [3.63, 3.8) is 0 Å². The Kier molecular flexibility index (Phi) is 0.680. The van der Waals surface area contributed by atoms with Gasteiger partial charge in [-0.05, 0) is 36.5 Å². The summed E-state index contributed by atoms with van der Waals surface area (Å²) in [7, 11) is 0. The highest BCUT2D eigenvalue weighted by atomic mass is 14.5. The highest BCUT2D eigenvalue weighted by Gasteiger charge is 2.42. The first-order valence-corrected chi connectivity index (χ1v) is 4.15. The van der Waals surface area contributed by atoms with Crippen molar-refractivity contribution in [3.8, 4) is 0 Å². The summed E-state index contributed by atoms with van der Waals surface area (Å²) in [5.74, 6) is 2.81. The lowest BCUT2D eigenvalue weighted by molar-refractivity contribution is 0.397. The maximum Gasteiger partial charge on any atom is 0.0273 e. The van der Waals surface area contributed by atoms with E-state index in [1.807, 2.05) is 0 Å². The fourth-order valence-corrected chi connectivity index (χ4v) is 2.72. The molecule has 1 saturated carbocycles. The molecule has 0 heteroatoms. The van der Waals surface area contributed by atoms with Gasteiger partial charge in [0.05, 0.1) is 0 Å². The van der Waals surface area contributed by atoms with E-state index in [1.165, 1.54) is 0 Å². The summed E-state index contributed by atoms with van der Waals surface area (Å²) >= 11 is 0. The zero-order valence-electron chi connectivity index (χ0n) is 6.90. The van der Waals surface area contributed by atoms with Crippen molar-refractivity contribution in [2.24, 2.45) is 23.7 Å². The van der Waals surface area contributed by atoms with Gasteiger partial charge in [-0.15, -0.1) is 0 Å². The molecule has 4 unspecified atom stereocenters. The zero-order valence-corrected chi connectivity index (χ0v) is 5.90. The summed E-state index contributed by atoms with van der Waals surface area (Å²) in [6.45, 7) is 0. The second-order valence-electron chi connectivity index (χ2n) is 3.64. The lowest BCUT2D eigenvalue weighted by Crippen LogP contribution is -2.09. The topological polar surface area (TPSA) is 0 Å². The van der Waals surface area contributed by atoms with Crippen molar-refractivity contribution in [2.45, 2.75) is 12.8 Å². The number of rotatable bonds is 0. The molecule has 3 aliphatic rings. The smallest absolute Gasteiger partial charge is 0.0273 e. The Morgan fingerprint density at radius 3 is 2.80 bits per heavy atom. The summed E-state index contributed by atoms with van der Waals surface area (Å²) in [5.41, 5.74) is 0. The van der Waals surface area contributed by atoms with Gasteiger partial charge in [0, 0.05) is 1.37 Å². The van der Waals surface area contributed by atoms with Crippen LogP contribution in [-0.4, -0.2) is 0 Å². The normalized spacial score (nSPS) is 63.2. The van der Waals surface area contributed by atoms with Crippen LogP contribution in [0.3, 0.4) is 0 Å². The third-order valence-corrected chi connectivity index (χ3v) is 3.20. The van der Waals surface area contributed by atoms with Crippen LogP contribution in [0.5, 0.6) is 0 Å². The Balaban J connectivity index is 2.04. The van der Waals surface area contributed by atoms with Crippen LogP contribution in [0.2, 0.25) is 0 Å². The molecule has 1 fully saturated rings. The third kappa shape index (κ3) is 0.448. The van der Waals surface area contributed by atoms with Crippen LogP contribution >= 0.6 is 0 Å². The van der Waals surface area contributed by atoms with E-state index >= 15 is 0 Å². The molecule has 0 nitrogen and oxygen atoms in total. The molecule has 0 aromatic carbocycles. The van der Waals surface area contributed by atoms with E-state index in [0.717, 1.165) is 18.3 Å². The summed E-state index contributed by atoms with van der Waals surface area (Å²) in [6.07, 6.45) is 10.5. The molecule has 0 aromatic heterocycles. The molecule has 0 N–H and O–H groups in total. The van der Waals surface area contributed by atoms with Crippen molar-refractivity contribution in [3.05, 3.63) is 24.3 Å². The van der Waals surface area contributed by atoms with Crippen LogP contribution in [0.25, 0.3) is 0 Å². The zero-order chi connectivity index (χ0) is 7.42. The first kappa shape index (κ1) is 4.38. The second-order valence-corrected chi connectivity index (χ2v) is 3.64. The van der Waals surface area contributed by atoms with Crippen LogP contribution in [0.15, 0.2) is 24.3 Å². The Morgan fingerprint density at radius 1 is 1.10 bits per heavy atom. The predicted molar refractivity (Wildman–Crippen MR) is 41.5 cm³/mol. The van der Waals surface area contributed by atoms with Crippen molar-refractivity contribution in [1.29, 1.82) is 0 Å². The minimum absolute atomic E-state index is 0.191. The molecule has 0 aromatic rings. The van der Waals surface area contributed by atoms with E-state index in [4.69, 9.17) is 1.37 Å². The predicted octanol–water partition coefficient (Wildman–Crippen LogP) is 2.38. The highest BCUT2D eigenvalue weighted by Crippen LogP contribution is 2.51. The van der Waals surface area contributed by atoms with E-state index in [1.54, 1.807) is 0 Å². The molecule has 0 heterocycles. The maximum absolute atomic E-state index is 7.83. The summed E-state index contributed by atoms with van der Waals surface area (Å²) in [6, 6.07) is 0. The van der Waals surface area contributed by atoms with Crippen molar-refractivity contribution < 1.29 is 1.37 Å². The molecular weight excluding hydrogens is 120 g/mol. The summed E-state index contributed by atoms with van der Waals surface area (Å²) < 4.78 is 7.83. The standard InChI is InChI=1S/C10H12/c1-2-8-5-6-9-4-3-7(1)10(8)9/h1-4,7-10H,5-6H2/i5D/t5-,7?,8?,9?,10?/m1/s1. The fraction of sp³-hybridized carbons (Fsp3) is 0.600. The van der Waals surface area contributed by atoms with Crippen LogP contribution in [-0.2, 0) is 0 Å². The van der Waals surface area contributed by atoms with Crippen molar-refractivity contribution >= 4 is 0 Å². The van der Waals surface area contributed by atoms with E-state index in [9.17, 15) is 0 Å². The number of hydrogen-bond acceptors (Lipinski definition) is 0. The largest absolute Gasteiger partial charge is 0.0845 e. The lowest BCUT2D eigenvalue weighted by atomic mass is 9.90. The second kappa shape index (κ2) is 1.55. The van der Waals surface area contributed by atoms with Crippen LogP contribution in [0.1, 0.15) is 14.2 Å². The number of hydrogen-bond donors (Lipinski definition) is 0. The van der Waals surface area contributed by atoms with Crippen LogP contribution in [0.4, 0.5) is 0 Å². The highest BCUT2D eigenvalue weighted by molar-refractivity contribution is 5.24. The Bertz CT molecular complexity index is 241. The van der Waals surface area contributed by atoms with E-state index < -0.39 is 0 Å². The van der Waals surface area contributed by atoms with Gasteiger partial charge >= 0.3 is 0 Å². The molecule has 5 atom stereocenters. The molecule has 0 amide bonds. The van der Waals surface area contributed by atoms with Crippen molar-refractivity contribution in [1.82, 2.24) is 0 Å². The van der Waals surface area contributed by atoms with Gasteiger partial charge in [-0.2, -0.15) is 0 Å². The van der Waals surface area contributed by atoms with Gasteiger partial charge in [0.1, 0.15) is 0 Å². The first-order valence-electron chi connectivity index (χ1n) is 4.73. The summed E-state index contributed by atoms with van der Waals surface area (Å²) in [4.78, 5) is 0. The Labute approximate surface area is 63.0 Å². The monoisotopic (exact) mass is 133 g/mol. The SMILES string of the molecule is [2H][C@@H]1CC2C=CC3C=CC1C32. The molecule has 0 aliphatic heterocycles. The third-order valence-electron chi connectivity index (χ3n) is 3.20. The van der Waals surface area contributed by atoms with E-state index in [-0.39, 0.29) is 6.40 Å². The van der Waals surface area contributed by atoms with Crippen molar-refractivity contribution in [2.75, 3.05) is 0 Å². The first-order chi connectivity index (χ1) is 5.36. The van der Waals surface area contributed by atoms with E-state index in [2.05, 4.69) is 24.3 Å². The van der Waals surface area contributed by atoms with Gasteiger partial charge in [0.15, 0.2) is 0 Å². The molecular formula is C10H12. The average molecular weight is 133 g/mol. The quantitative estimate of drug-likeness (QED) is 0.445. The van der Waals surface area contributed by atoms with Gasteiger partial charge < -0.3 is 0 Å². The molecule has 0 radical (unpaired) electrons. The van der Waals surface area contributed by atoms with Gasteiger partial charge in [-0.25, -0.2) is 0 Å². The van der Waals surface area contributed by atoms with Crippen LogP contribution < -0.4 is 0 Å². The molecule has 3 aliphatic carbocycles. The fourth-order valence-electron chi connectivity index (χ4n) is 2.72. The molecule has 0 spiro atoms. The van der Waals surface area contributed by atoms with Gasteiger partial charge in [-0.1, -0.05) is 24.3 Å². The number of allylic oxidation sites excluding steroid dienone is 4. The average Bonchev–Trinajstić information content (AvgIpc) is 2.53. The Morgan fingerprint density at radius 2 is 1.90 bits per heavy atom. The molecule has 52 valence electrons. The minimum atomic E-state index is 0.191. The minimum Gasteiger partial charge on any atom is -0.0845 e. The summed E-state index contributed by atoms with van der Waals surface area (Å²) in [5, 5.41) is 0. The molecule has 0 bridgehead atoms. The van der Waals surface area contributed by atoms with Gasteiger partial charge in [0.25, 0.3) is 0 Å². The lowest BCUT2D eigenvalue weighted by Gasteiger charge is -2.13.